The number of hydrogen-bond acceptors (Lipinski definition) is 4. The van der Waals surface area contributed by atoms with Gasteiger partial charge in [-0.15, -0.1) is 11.3 Å². The van der Waals surface area contributed by atoms with Crippen LogP contribution in [0.15, 0.2) is 12.1 Å². The molecule has 1 amide bonds. The number of rotatable bonds is 7. The summed E-state index contributed by atoms with van der Waals surface area (Å²) in [6.45, 7) is 2.30. The summed E-state index contributed by atoms with van der Waals surface area (Å²) in [5, 5.41) is 0. The van der Waals surface area contributed by atoms with Gasteiger partial charge in [0.25, 0.3) is 15.9 Å². The van der Waals surface area contributed by atoms with E-state index in [4.69, 9.17) is 23.2 Å². The average molecular weight is 396 g/mol. The summed E-state index contributed by atoms with van der Waals surface area (Å²) in [6.07, 6.45) is 6.04. The second-order valence-corrected chi connectivity index (χ2v) is 10.5. The highest BCUT2D eigenvalue weighted by molar-refractivity contribution is 7.93. The SMILES string of the molecule is CCCCCCCCN1C(=O)C2(Cl)c3ccc(s3)C2(Cl)S1(=O)=O. The van der Waals surface area contributed by atoms with Gasteiger partial charge >= 0.3 is 0 Å². The number of amides is 1. The van der Waals surface area contributed by atoms with Crippen LogP contribution in [0.25, 0.3) is 0 Å². The number of carbonyl (C=O) groups is 1. The molecule has 23 heavy (non-hydrogen) atoms. The molecule has 1 aromatic rings. The van der Waals surface area contributed by atoms with Crippen molar-refractivity contribution in [1.82, 2.24) is 4.31 Å². The lowest BCUT2D eigenvalue weighted by atomic mass is 9.96. The van der Waals surface area contributed by atoms with Gasteiger partial charge < -0.3 is 0 Å². The standard InChI is InChI=1S/C15H19Cl2NO3S2/c1-2-3-4-5-6-7-10-18-13(19)14(16)11-8-9-12(22-11)15(14,17)23(18,20)21/h8-9H,2-7,10H2,1H3. The van der Waals surface area contributed by atoms with Crippen LogP contribution in [0, 0.1) is 0 Å². The number of hydrogen-bond donors (Lipinski definition) is 0. The van der Waals surface area contributed by atoms with Crippen molar-refractivity contribution in [2.75, 3.05) is 6.54 Å². The maximum Gasteiger partial charge on any atom is 0.266 e. The molecule has 0 saturated carbocycles. The van der Waals surface area contributed by atoms with Gasteiger partial charge in [0.2, 0.25) is 4.21 Å². The van der Waals surface area contributed by atoms with Gasteiger partial charge in [0, 0.05) is 16.3 Å². The zero-order valence-corrected chi connectivity index (χ0v) is 16.0. The van der Waals surface area contributed by atoms with E-state index in [2.05, 4.69) is 6.92 Å². The quantitative estimate of drug-likeness (QED) is 0.515. The number of carbonyl (C=O) groups excluding carboxylic acids is 1. The summed E-state index contributed by atoms with van der Waals surface area (Å²) >= 11 is 14.1. The van der Waals surface area contributed by atoms with E-state index in [-0.39, 0.29) is 6.54 Å². The molecule has 2 bridgehead atoms. The molecular formula is C15H19Cl2NO3S2. The Balaban J connectivity index is 1.77. The Bertz CT molecular complexity index is 733. The van der Waals surface area contributed by atoms with Gasteiger partial charge in [-0.3, -0.25) is 4.79 Å². The first-order valence-electron chi connectivity index (χ1n) is 7.87. The smallest absolute Gasteiger partial charge is 0.266 e. The largest absolute Gasteiger partial charge is 0.271 e. The molecule has 0 N–H and O–H groups in total. The van der Waals surface area contributed by atoms with Crippen molar-refractivity contribution < 1.29 is 13.2 Å². The number of nitrogens with zero attached hydrogens (tertiary/aromatic N) is 1. The van der Waals surface area contributed by atoms with Gasteiger partial charge in [0.1, 0.15) is 0 Å². The molecule has 0 aliphatic carbocycles. The molecule has 1 fully saturated rings. The van der Waals surface area contributed by atoms with Crippen LogP contribution in [0.5, 0.6) is 0 Å². The predicted molar refractivity (Wildman–Crippen MR) is 93.4 cm³/mol. The van der Waals surface area contributed by atoms with Crippen LogP contribution in [0.4, 0.5) is 0 Å². The van der Waals surface area contributed by atoms with E-state index in [0.717, 1.165) is 30.0 Å². The van der Waals surface area contributed by atoms with E-state index in [1.54, 1.807) is 12.1 Å². The molecule has 0 radical (unpaired) electrons. The Morgan fingerprint density at radius 2 is 1.70 bits per heavy atom. The van der Waals surface area contributed by atoms with Crippen molar-refractivity contribution in [3.63, 3.8) is 0 Å². The maximum atomic E-state index is 12.9. The first-order chi connectivity index (χ1) is 10.8. The molecule has 3 rings (SSSR count). The van der Waals surface area contributed by atoms with E-state index in [0.29, 0.717) is 16.2 Å². The van der Waals surface area contributed by atoms with Crippen molar-refractivity contribution in [3.8, 4) is 0 Å². The zero-order valence-electron chi connectivity index (χ0n) is 12.8. The molecule has 0 aromatic carbocycles. The Labute approximate surface area is 150 Å². The summed E-state index contributed by atoms with van der Waals surface area (Å²) < 4.78 is 24.8. The summed E-state index contributed by atoms with van der Waals surface area (Å²) in [7, 11) is -4.01. The zero-order chi connectivity index (χ0) is 16.9. The Morgan fingerprint density at radius 3 is 2.35 bits per heavy atom. The Hall–Kier alpha value is -0.300. The number of sulfonamides is 1. The third-order valence-corrected chi connectivity index (χ3v) is 10.4. The molecule has 2 aliphatic rings. The molecule has 2 atom stereocenters. The first-order valence-corrected chi connectivity index (χ1v) is 10.9. The molecule has 1 aromatic heterocycles. The first kappa shape index (κ1) is 17.5. The third-order valence-electron chi connectivity index (χ3n) is 4.59. The minimum Gasteiger partial charge on any atom is -0.271 e. The normalized spacial score (nSPS) is 30.9. The van der Waals surface area contributed by atoms with Crippen LogP contribution in [-0.4, -0.2) is 25.2 Å². The molecule has 128 valence electrons. The van der Waals surface area contributed by atoms with Crippen molar-refractivity contribution >= 4 is 50.5 Å². The van der Waals surface area contributed by atoms with E-state index >= 15 is 0 Å². The van der Waals surface area contributed by atoms with Crippen LogP contribution in [0.1, 0.15) is 55.2 Å². The summed E-state index contributed by atoms with van der Waals surface area (Å²) in [6, 6.07) is 3.34. The average Bonchev–Trinajstić information content (AvgIpc) is 3.11. The monoisotopic (exact) mass is 395 g/mol. The van der Waals surface area contributed by atoms with E-state index < -0.39 is 25.0 Å². The maximum absolute atomic E-state index is 12.9. The molecule has 2 unspecified atom stereocenters. The number of halogens is 2. The van der Waals surface area contributed by atoms with Gasteiger partial charge in [-0.25, -0.2) is 12.7 Å². The number of unbranched alkanes of at least 4 members (excludes halogenated alkanes) is 5. The fourth-order valence-corrected chi connectivity index (χ4v) is 8.29. The Kier molecular flexibility index (Phi) is 4.49. The molecule has 8 heteroatoms. The molecule has 0 spiro atoms. The highest BCUT2D eigenvalue weighted by atomic mass is 35.5. The van der Waals surface area contributed by atoms with Crippen molar-refractivity contribution in [2.24, 2.45) is 0 Å². The minimum absolute atomic E-state index is 0.154. The van der Waals surface area contributed by atoms with Gasteiger partial charge in [-0.2, -0.15) is 0 Å². The predicted octanol–water partition coefficient (Wildman–Crippen LogP) is 4.12. The second kappa shape index (κ2) is 5.90. The topological polar surface area (TPSA) is 54.5 Å². The van der Waals surface area contributed by atoms with Crippen LogP contribution in [0.3, 0.4) is 0 Å². The van der Waals surface area contributed by atoms with Gasteiger partial charge in [-0.05, 0) is 18.6 Å². The lowest BCUT2D eigenvalue weighted by molar-refractivity contribution is -0.128. The van der Waals surface area contributed by atoms with Crippen molar-refractivity contribution in [2.45, 2.75) is 54.5 Å². The number of alkyl halides is 2. The minimum atomic E-state index is -4.01. The van der Waals surface area contributed by atoms with Gasteiger partial charge in [0.05, 0.1) is 0 Å². The lowest BCUT2D eigenvalue weighted by Gasteiger charge is -2.26. The fraction of sp³-hybridized carbons (Fsp3) is 0.667. The van der Waals surface area contributed by atoms with Gasteiger partial charge in [0.15, 0.2) is 4.87 Å². The highest BCUT2D eigenvalue weighted by Crippen LogP contribution is 2.67. The summed E-state index contributed by atoms with van der Waals surface area (Å²) in [4.78, 5) is 12.0. The molecule has 1 saturated heterocycles. The van der Waals surface area contributed by atoms with Crippen LogP contribution in [0.2, 0.25) is 0 Å². The summed E-state index contributed by atoms with van der Waals surface area (Å²) in [5.74, 6) is -0.607. The third kappa shape index (κ3) is 2.14. The summed E-state index contributed by atoms with van der Waals surface area (Å²) in [5.41, 5.74) is 0. The van der Waals surface area contributed by atoms with Crippen molar-refractivity contribution in [1.29, 1.82) is 0 Å². The van der Waals surface area contributed by atoms with E-state index in [9.17, 15) is 13.2 Å². The lowest BCUT2D eigenvalue weighted by Crippen LogP contribution is -2.40. The van der Waals surface area contributed by atoms with E-state index in [1.165, 1.54) is 17.8 Å². The van der Waals surface area contributed by atoms with Crippen LogP contribution in [-0.2, 0) is 23.9 Å². The van der Waals surface area contributed by atoms with E-state index in [1.807, 2.05) is 0 Å². The fourth-order valence-electron chi connectivity index (χ4n) is 3.26. The molecule has 4 nitrogen and oxygen atoms in total. The number of thiophene rings is 1. The van der Waals surface area contributed by atoms with Crippen LogP contribution >= 0.6 is 34.5 Å². The van der Waals surface area contributed by atoms with Crippen molar-refractivity contribution in [3.05, 3.63) is 21.9 Å². The molecule has 2 aliphatic heterocycles. The Morgan fingerprint density at radius 1 is 1.09 bits per heavy atom. The molecule has 3 heterocycles. The molecular weight excluding hydrogens is 377 g/mol. The highest BCUT2D eigenvalue weighted by Gasteiger charge is 2.77. The van der Waals surface area contributed by atoms with Gasteiger partial charge in [-0.1, -0.05) is 62.2 Å². The second-order valence-electron chi connectivity index (χ2n) is 6.07. The van der Waals surface area contributed by atoms with Crippen LogP contribution < -0.4 is 0 Å². The number of fused-ring (bicyclic) bond motifs is 5.